The Bertz CT molecular complexity index is 764. The zero-order valence-corrected chi connectivity index (χ0v) is 12.0. The molecule has 0 fully saturated rings. The van der Waals surface area contributed by atoms with Crippen molar-refractivity contribution < 1.29 is 9.50 Å². The lowest BCUT2D eigenvalue weighted by atomic mass is 10.2. The van der Waals surface area contributed by atoms with Crippen LogP contribution in [0, 0.1) is 5.82 Å². The molecule has 0 amide bonds. The molecule has 1 N–H and O–H groups in total. The molecule has 0 saturated heterocycles. The Balaban J connectivity index is 2.03. The molecule has 3 aromatic rings. The third-order valence-corrected chi connectivity index (χ3v) is 3.46. The van der Waals surface area contributed by atoms with Crippen LogP contribution in [0.3, 0.4) is 0 Å². The molecule has 3 rings (SSSR count). The van der Waals surface area contributed by atoms with Gasteiger partial charge in [0.05, 0.1) is 12.1 Å². The maximum atomic E-state index is 13.6. The van der Waals surface area contributed by atoms with Gasteiger partial charge in [0.15, 0.2) is 0 Å². The average Bonchev–Trinajstić information content (AvgIpc) is 2.55. The molecular formula is C17H16FN3O. The Kier molecular flexibility index (Phi) is 4.25. The van der Waals surface area contributed by atoms with Crippen molar-refractivity contribution in [3.8, 4) is 0 Å². The van der Waals surface area contributed by atoms with E-state index in [-0.39, 0.29) is 12.4 Å². The molecule has 22 heavy (non-hydrogen) atoms. The highest BCUT2D eigenvalue weighted by molar-refractivity contribution is 5.89. The third-order valence-electron chi connectivity index (χ3n) is 3.46. The van der Waals surface area contributed by atoms with Crippen molar-refractivity contribution in [2.45, 2.75) is 6.54 Å². The minimum Gasteiger partial charge on any atom is -0.395 e. The van der Waals surface area contributed by atoms with E-state index in [1.54, 1.807) is 6.07 Å². The molecule has 0 aliphatic rings. The fourth-order valence-electron chi connectivity index (χ4n) is 2.45. The van der Waals surface area contributed by atoms with Crippen LogP contribution in [0.1, 0.15) is 5.56 Å². The first-order valence-corrected chi connectivity index (χ1v) is 7.08. The zero-order chi connectivity index (χ0) is 15.4. The summed E-state index contributed by atoms with van der Waals surface area (Å²) < 4.78 is 13.6. The number of rotatable bonds is 5. The Hall–Kier alpha value is -2.53. The van der Waals surface area contributed by atoms with E-state index in [9.17, 15) is 9.50 Å². The van der Waals surface area contributed by atoms with Crippen LogP contribution in [-0.4, -0.2) is 28.2 Å². The Morgan fingerprint density at radius 1 is 1.05 bits per heavy atom. The van der Waals surface area contributed by atoms with Gasteiger partial charge < -0.3 is 10.0 Å². The molecule has 0 unspecified atom stereocenters. The largest absolute Gasteiger partial charge is 0.395 e. The quantitative estimate of drug-likeness (QED) is 0.786. The Labute approximate surface area is 127 Å². The van der Waals surface area contributed by atoms with Gasteiger partial charge in [-0.3, -0.25) is 0 Å². The van der Waals surface area contributed by atoms with Crippen LogP contribution >= 0.6 is 0 Å². The average molecular weight is 297 g/mol. The summed E-state index contributed by atoms with van der Waals surface area (Å²) in [5.41, 5.74) is 1.78. The van der Waals surface area contributed by atoms with Gasteiger partial charge in [-0.1, -0.05) is 30.3 Å². The second-order valence-corrected chi connectivity index (χ2v) is 4.99. The minimum atomic E-state index is -0.327. The van der Waals surface area contributed by atoms with Crippen molar-refractivity contribution in [2.75, 3.05) is 18.1 Å². The molecule has 112 valence electrons. The van der Waals surface area contributed by atoms with Gasteiger partial charge in [-0.2, -0.15) is 0 Å². The minimum absolute atomic E-state index is 0.00630. The molecule has 0 radical (unpaired) electrons. The highest BCUT2D eigenvalue weighted by Crippen LogP contribution is 2.24. The van der Waals surface area contributed by atoms with E-state index in [1.807, 2.05) is 35.2 Å². The number of benzene rings is 2. The number of hydrogen-bond donors (Lipinski definition) is 1. The fraction of sp³-hybridized carbons (Fsp3) is 0.176. The second kappa shape index (κ2) is 6.49. The first kappa shape index (κ1) is 14.4. The Morgan fingerprint density at radius 2 is 1.86 bits per heavy atom. The van der Waals surface area contributed by atoms with Crippen molar-refractivity contribution in [3.05, 3.63) is 66.2 Å². The van der Waals surface area contributed by atoms with E-state index in [0.717, 1.165) is 5.56 Å². The van der Waals surface area contributed by atoms with E-state index >= 15 is 0 Å². The SMILES string of the molecule is OCCN(Cc1ccccc1)c1ncnc2ccc(F)cc12. The van der Waals surface area contributed by atoms with E-state index in [0.29, 0.717) is 29.8 Å². The molecule has 2 aromatic carbocycles. The number of aliphatic hydroxyl groups excluding tert-OH is 1. The number of halogens is 1. The third kappa shape index (κ3) is 3.04. The van der Waals surface area contributed by atoms with Gasteiger partial charge in [-0.15, -0.1) is 0 Å². The van der Waals surface area contributed by atoms with Crippen molar-refractivity contribution in [2.24, 2.45) is 0 Å². The first-order valence-electron chi connectivity index (χ1n) is 7.08. The number of nitrogens with zero attached hydrogens (tertiary/aromatic N) is 3. The van der Waals surface area contributed by atoms with Crippen molar-refractivity contribution >= 4 is 16.7 Å². The van der Waals surface area contributed by atoms with E-state index in [1.165, 1.54) is 18.5 Å². The monoisotopic (exact) mass is 297 g/mol. The summed E-state index contributed by atoms with van der Waals surface area (Å²) >= 11 is 0. The van der Waals surface area contributed by atoms with Gasteiger partial charge in [0.25, 0.3) is 0 Å². The topological polar surface area (TPSA) is 49.2 Å². The van der Waals surface area contributed by atoms with Gasteiger partial charge in [-0.25, -0.2) is 14.4 Å². The molecule has 0 aliphatic heterocycles. The normalized spacial score (nSPS) is 10.8. The van der Waals surface area contributed by atoms with Crippen molar-refractivity contribution in [3.63, 3.8) is 0 Å². The lowest BCUT2D eigenvalue weighted by Gasteiger charge is -2.24. The maximum Gasteiger partial charge on any atom is 0.140 e. The lowest BCUT2D eigenvalue weighted by Crippen LogP contribution is -2.27. The smallest absolute Gasteiger partial charge is 0.140 e. The number of anilines is 1. The van der Waals surface area contributed by atoms with Crippen LogP contribution < -0.4 is 4.90 Å². The molecular weight excluding hydrogens is 281 g/mol. The molecule has 0 saturated carbocycles. The van der Waals surface area contributed by atoms with Gasteiger partial charge in [-0.05, 0) is 23.8 Å². The number of aliphatic hydroxyl groups is 1. The van der Waals surface area contributed by atoms with Gasteiger partial charge in [0.2, 0.25) is 0 Å². The predicted molar refractivity (Wildman–Crippen MR) is 84.1 cm³/mol. The van der Waals surface area contributed by atoms with Gasteiger partial charge in [0, 0.05) is 18.5 Å². The lowest BCUT2D eigenvalue weighted by molar-refractivity contribution is 0.301. The summed E-state index contributed by atoms with van der Waals surface area (Å²) in [6, 6.07) is 14.3. The summed E-state index contributed by atoms with van der Waals surface area (Å²) in [5.74, 6) is 0.301. The zero-order valence-electron chi connectivity index (χ0n) is 12.0. The van der Waals surface area contributed by atoms with E-state index in [4.69, 9.17) is 0 Å². The summed E-state index contributed by atoms with van der Waals surface area (Å²) in [4.78, 5) is 10.4. The van der Waals surface area contributed by atoms with Crippen LogP contribution in [0.15, 0.2) is 54.9 Å². The van der Waals surface area contributed by atoms with E-state index in [2.05, 4.69) is 9.97 Å². The first-order chi connectivity index (χ1) is 10.8. The van der Waals surface area contributed by atoms with Crippen LogP contribution in [0.25, 0.3) is 10.9 Å². The molecule has 5 heteroatoms. The van der Waals surface area contributed by atoms with E-state index < -0.39 is 0 Å². The van der Waals surface area contributed by atoms with Crippen LogP contribution in [0.5, 0.6) is 0 Å². The van der Waals surface area contributed by atoms with Crippen LogP contribution in [0.4, 0.5) is 10.2 Å². The van der Waals surface area contributed by atoms with Crippen molar-refractivity contribution in [1.82, 2.24) is 9.97 Å². The summed E-state index contributed by atoms with van der Waals surface area (Å²) in [5, 5.41) is 9.99. The highest BCUT2D eigenvalue weighted by Gasteiger charge is 2.13. The fourth-order valence-corrected chi connectivity index (χ4v) is 2.45. The van der Waals surface area contributed by atoms with Gasteiger partial charge >= 0.3 is 0 Å². The maximum absolute atomic E-state index is 13.6. The molecule has 1 heterocycles. The molecule has 0 atom stereocenters. The molecule has 0 spiro atoms. The molecule has 0 aliphatic carbocycles. The van der Waals surface area contributed by atoms with Crippen molar-refractivity contribution in [1.29, 1.82) is 0 Å². The van der Waals surface area contributed by atoms with Crippen LogP contribution in [-0.2, 0) is 6.54 Å². The summed E-state index contributed by atoms with van der Waals surface area (Å²) in [7, 11) is 0. The predicted octanol–water partition coefficient (Wildman–Crippen LogP) is 2.77. The highest BCUT2D eigenvalue weighted by atomic mass is 19.1. The van der Waals surface area contributed by atoms with Crippen LogP contribution in [0.2, 0.25) is 0 Å². The number of hydrogen-bond acceptors (Lipinski definition) is 4. The summed E-state index contributed by atoms with van der Waals surface area (Å²) in [6.45, 7) is 0.995. The Morgan fingerprint density at radius 3 is 2.64 bits per heavy atom. The molecule has 0 bridgehead atoms. The molecule has 4 nitrogen and oxygen atoms in total. The number of aromatic nitrogens is 2. The summed E-state index contributed by atoms with van der Waals surface area (Å²) in [6.07, 6.45) is 1.46. The number of fused-ring (bicyclic) bond motifs is 1. The van der Waals surface area contributed by atoms with Gasteiger partial charge in [0.1, 0.15) is 18.0 Å². The standard InChI is InChI=1S/C17H16FN3O/c18-14-6-7-16-15(10-14)17(20-12-19-16)21(8-9-22)11-13-4-2-1-3-5-13/h1-7,10,12,22H,8-9,11H2. The molecule has 1 aromatic heterocycles. The second-order valence-electron chi connectivity index (χ2n) is 4.99.